The first kappa shape index (κ1) is 22.3. The van der Waals surface area contributed by atoms with E-state index in [0.29, 0.717) is 31.6 Å². The van der Waals surface area contributed by atoms with Gasteiger partial charge in [0, 0.05) is 45.5 Å². The maximum atomic E-state index is 13.2. The molecule has 1 N–H and O–H groups in total. The number of hydrogen-bond donors (Lipinski definition) is 1. The Hall–Kier alpha value is -3.35. The van der Waals surface area contributed by atoms with Gasteiger partial charge >= 0.3 is 5.97 Å². The summed E-state index contributed by atoms with van der Waals surface area (Å²) in [5.41, 5.74) is 1.65. The van der Waals surface area contributed by atoms with Crippen molar-refractivity contribution in [2.45, 2.75) is 25.2 Å². The summed E-state index contributed by atoms with van der Waals surface area (Å²) in [4.78, 5) is 40.9. The molecule has 1 fully saturated rings. The Morgan fingerprint density at radius 2 is 1.61 bits per heavy atom. The zero-order valence-electron chi connectivity index (χ0n) is 18.3. The molecule has 0 saturated carbocycles. The molecule has 7 nitrogen and oxygen atoms in total. The number of anilines is 2. The molecule has 1 saturated heterocycles. The summed E-state index contributed by atoms with van der Waals surface area (Å²) >= 11 is 0. The van der Waals surface area contributed by atoms with Crippen molar-refractivity contribution in [3.63, 3.8) is 0 Å². The number of ether oxygens (including phenoxy) is 1. The van der Waals surface area contributed by atoms with Crippen LogP contribution in [0.1, 0.15) is 25.3 Å². The molecular weight excluding hydrogens is 394 g/mol. The molecule has 3 rings (SSSR count). The minimum atomic E-state index is -0.860. The van der Waals surface area contributed by atoms with E-state index in [1.165, 1.54) is 6.92 Å². The van der Waals surface area contributed by atoms with Gasteiger partial charge in [0.15, 0.2) is 6.61 Å². The third-order valence-corrected chi connectivity index (χ3v) is 5.78. The van der Waals surface area contributed by atoms with Crippen LogP contribution in [0, 0.1) is 0 Å². The lowest BCUT2D eigenvalue weighted by molar-refractivity contribution is -0.156. The zero-order valence-corrected chi connectivity index (χ0v) is 18.3. The van der Waals surface area contributed by atoms with Crippen molar-refractivity contribution in [1.29, 1.82) is 0 Å². The third kappa shape index (κ3) is 5.23. The molecule has 0 spiro atoms. The molecule has 1 aliphatic heterocycles. The van der Waals surface area contributed by atoms with Crippen LogP contribution in [0.4, 0.5) is 11.4 Å². The van der Waals surface area contributed by atoms with Crippen LogP contribution in [-0.2, 0) is 24.5 Å². The average molecular weight is 424 g/mol. The highest BCUT2D eigenvalue weighted by Gasteiger charge is 2.44. The monoisotopic (exact) mass is 423 g/mol. The van der Waals surface area contributed by atoms with Gasteiger partial charge in [0.05, 0.1) is 5.41 Å². The van der Waals surface area contributed by atoms with Gasteiger partial charge in [0.25, 0.3) is 5.91 Å². The summed E-state index contributed by atoms with van der Waals surface area (Å²) in [5.74, 6) is -0.829. The van der Waals surface area contributed by atoms with Crippen molar-refractivity contribution in [1.82, 2.24) is 4.90 Å². The number of likely N-dealkylation sites (tertiary alicyclic amines) is 1. The second-order valence-electron chi connectivity index (χ2n) is 8.02. The number of nitrogens with one attached hydrogen (secondary N) is 1. The average Bonchev–Trinajstić information content (AvgIpc) is 2.78. The number of nitrogens with zero attached hydrogens (tertiary/aromatic N) is 2. The topological polar surface area (TPSA) is 78.9 Å². The summed E-state index contributed by atoms with van der Waals surface area (Å²) in [6.07, 6.45) is 0.923. The second-order valence-corrected chi connectivity index (χ2v) is 8.02. The minimum absolute atomic E-state index is 0.00491. The van der Waals surface area contributed by atoms with E-state index in [-0.39, 0.29) is 12.5 Å². The highest BCUT2D eigenvalue weighted by atomic mass is 16.5. The highest BCUT2D eigenvalue weighted by Crippen LogP contribution is 2.37. The molecule has 0 radical (unpaired) electrons. The maximum absolute atomic E-state index is 13.2. The SMILES string of the molecule is CC(=O)N1CCC(C(=O)OCC(=O)Nc2ccc(N(C)C)cc2)(c2ccccc2)CC1. The Balaban J connectivity index is 1.65. The molecule has 1 heterocycles. The van der Waals surface area contributed by atoms with Crippen molar-refractivity contribution in [3.05, 3.63) is 60.2 Å². The molecule has 0 aromatic heterocycles. The third-order valence-electron chi connectivity index (χ3n) is 5.78. The number of carbonyl (C=O) groups excluding carboxylic acids is 3. The smallest absolute Gasteiger partial charge is 0.317 e. The molecule has 7 heteroatoms. The summed E-state index contributed by atoms with van der Waals surface area (Å²) in [6.45, 7) is 2.12. The van der Waals surface area contributed by atoms with Gasteiger partial charge in [0.1, 0.15) is 0 Å². The first-order valence-corrected chi connectivity index (χ1v) is 10.4. The molecular formula is C24H29N3O4. The predicted molar refractivity (Wildman–Crippen MR) is 120 cm³/mol. The summed E-state index contributed by atoms with van der Waals surface area (Å²) in [6, 6.07) is 16.9. The Kier molecular flexibility index (Phi) is 6.95. The Labute approximate surface area is 183 Å². The quantitative estimate of drug-likeness (QED) is 0.723. The maximum Gasteiger partial charge on any atom is 0.317 e. The Bertz CT molecular complexity index is 918. The van der Waals surface area contributed by atoms with Crippen LogP contribution >= 0.6 is 0 Å². The van der Waals surface area contributed by atoms with Crippen molar-refractivity contribution in [3.8, 4) is 0 Å². The fraction of sp³-hybridized carbons (Fsp3) is 0.375. The second kappa shape index (κ2) is 9.64. The predicted octanol–water partition coefficient (Wildman–Crippen LogP) is 2.81. The molecule has 164 valence electrons. The molecule has 1 aliphatic rings. The van der Waals surface area contributed by atoms with Gasteiger partial charge in [-0.05, 0) is 42.7 Å². The van der Waals surface area contributed by atoms with E-state index < -0.39 is 17.3 Å². The van der Waals surface area contributed by atoms with Gasteiger partial charge in [0.2, 0.25) is 5.91 Å². The lowest BCUT2D eigenvalue weighted by atomic mass is 9.72. The van der Waals surface area contributed by atoms with E-state index in [1.54, 1.807) is 17.0 Å². The van der Waals surface area contributed by atoms with Gasteiger partial charge in [-0.1, -0.05) is 30.3 Å². The van der Waals surface area contributed by atoms with Crippen LogP contribution < -0.4 is 10.2 Å². The van der Waals surface area contributed by atoms with Gasteiger partial charge in [-0.15, -0.1) is 0 Å². The summed E-state index contributed by atoms with van der Waals surface area (Å²) in [5, 5.41) is 2.75. The molecule has 2 amide bonds. The summed E-state index contributed by atoms with van der Waals surface area (Å²) < 4.78 is 5.47. The number of rotatable bonds is 6. The van der Waals surface area contributed by atoms with Gasteiger partial charge in [-0.2, -0.15) is 0 Å². The van der Waals surface area contributed by atoms with Crippen LogP contribution in [-0.4, -0.2) is 56.5 Å². The van der Waals surface area contributed by atoms with Crippen molar-refractivity contribution in [2.75, 3.05) is 44.0 Å². The first-order chi connectivity index (χ1) is 14.8. The highest BCUT2D eigenvalue weighted by molar-refractivity contribution is 5.94. The van der Waals surface area contributed by atoms with Gasteiger partial charge < -0.3 is 19.9 Å². The molecule has 0 atom stereocenters. The lowest BCUT2D eigenvalue weighted by Gasteiger charge is -2.40. The fourth-order valence-corrected chi connectivity index (χ4v) is 3.88. The van der Waals surface area contributed by atoms with E-state index >= 15 is 0 Å². The zero-order chi connectivity index (χ0) is 22.4. The number of piperidine rings is 1. The van der Waals surface area contributed by atoms with E-state index in [0.717, 1.165) is 11.3 Å². The number of hydrogen-bond acceptors (Lipinski definition) is 5. The van der Waals surface area contributed by atoms with E-state index in [1.807, 2.05) is 61.5 Å². The van der Waals surface area contributed by atoms with E-state index in [4.69, 9.17) is 4.74 Å². The van der Waals surface area contributed by atoms with Crippen molar-refractivity contribution >= 4 is 29.2 Å². The largest absolute Gasteiger partial charge is 0.455 e. The fourth-order valence-electron chi connectivity index (χ4n) is 3.88. The van der Waals surface area contributed by atoms with Crippen molar-refractivity contribution < 1.29 is 19.1 Å². The van der Waals surface area contributed by atoms with Crippen LogP contribution in [0.5, 0.6) is 0 Å². The van der Waals surface area contributed by atoms with Crippen LogP contribution in [0.3, 0.4) is 0 Å². The van der Waals surface area contributed by atoms with E-state index in [2.05, 4.69) is 5.32 Å². The lowest BCUT2D eigenvalue weighted by Crippen LogP contribution is -2.49. The molecule has 31 heavy (non-hydrogen) atoms. The van der Waals surface area contributed by atoms with Crippen molar-refractivity contribution in [2.24, 2.45) is 0 Å². The number of benzene rings is 2. The molecule has 0 bridgehead atoms. The number of amides is 2. The van der Waals surface area contributed by atoms with Gasteiger partial charge in [-0.3, -0.25) is 14.4 Å². The van der Waals surface area contributed by atoms with E-state index in [9.17, 15) is 14.4 Å². The Morgan fingerprint density at radius 3 is 2.16 bits per heavy atom. The number of esters is 1. The molecule has 2 aromatic carbocycles. The van der Waals surface area contributed by atoms with Crippen LogP contribution in [0.15, 0.2) is 54.6 Å². The molecule has 2 aromatic rings. The first-order valence-electron chi connectivity index (χ1n) is 10.4. The molecule has 0 unspecified atom stereocenters. The minimum Gasteiger partial charge on any atom is -0.455 e. The molecule has 0 aliphatic carbocycles. The van der Waals surface area contributed by atoms with Gasteiger partial charge in [-0.25, -0.2) is 0 Å². The normalized spacial score (nSPS) is 15.1. The number of carbonyl (C=O) groups is 3. The van der Waals surface area contributed by atoms with Crippen LogP contribution in [0.25, 0.3) is 0 Å². The van der Waals surface area contributed by atoms with Crippen LogP contribution in [0.2, 0.25) is 0 Å². The summed E-state index contributed by atoms with van der Waals surface area (Å²) in [7, 11) is 3.88. The Morgan fingerprint density at radius 1 is 1.00 bits per heavy atom. The standard InChI is InChI=1S/C24H29N3O4/c1-18(28)27-15-13-24(14-16-27,19-7-5-4-6-8-19)23(30)31-17-22(29)25-20-9-11-21(12-10-20)26(2)3/h4-12H,13-17H2,1-3H3,(H,25,29).